The third-order valence-corrected chi connectivity index (χ3v) is 1.62. The van der Waals surface area contributed by atoms with E-state index < -0.39 is 0 Å². The second kappa shape index (κ2) is 1.61. The Kier molecular flexibility index (Phi) is 1.28. The van der Waals surface area contributed by atoms with Crippen LogP contribution in [-0.2, 0) is 4.74 Å². The lowest BCUT2D eigenvalue weighted by atomic mass is 9.93. The molecule has 1 rings (SSSR count). The number of hydrogen-bond donors (Lipinski definition) is 0. The van der Waals surface area contributed by atoms with Gasteiger partial charge >= 0.3 is 0 Å². The Morgan fingerprint density at radius 1 is 1.38 bits per heavy atom. The molecular weight excluding hydrogens is 124 g/mol. The van der Waals surface area contributed by atoms with Gasteiger partial charge in [0.25, 0.3) is 0 Å². The number of rotatable bonds is 0. The second-order valence-corrected chi connectivity index (χ2v) is 3.70. The number of ether oxygens (including phenoxy) is 1. The van der Waals surface area contributed by atoms with Crippen molar-refractivity contribution in [1.29, 1.82) is 0 Å². The highest BCUT2D eigenvalue weighted by Crippen LogP contribution is 2.39. The Bertz CT molecular complexity index is 95.2. The summed E-state index contributed by atoms with van der Waals surface area (Å²) in [6, 6.07) is 0. The van der Waals surface area contributed by atoms with Crippen LogP contribution in [-0.4, -0.2) is 11.7 Å². The zero-order valence-electron chi connectivity index (χ0n) is 5.44. The average molecular weight is 135 g/mol. The summed E-state index contributed by atoms with van der Waals surface area (Å²) in [5.74, 6) is 0. The molecule has 0 aromatic rings. The molecule has 0 aromatic carbocycles. The van der Waals surface area contributed by atoms with Crippen molar-refractivity contribution >= 4 is 11.6 Å². The Hall–Kier alpha value is 0.250. The van der Waals surface area contributed by atoms with E-state index in [-0.39, 0.29) is 17.1 Å². The standard InChI is InChI=1S/C6H11ClO/c1-6(2,3)4-5(7)8-4/h4-5H,1-3H3/t4-,5+/m1/s1. The van der Waals surface area contributed by atoms with E-state index in [1.54, 1.807) is 0 Å². The smallest absolute Gasteiger partial charge is 0.158 e. The van der Waals surface area contributed by atoms with Gasteiger partial charge in [-0.3, -0.25) is 0 Å². The summed E-state index contributed by atoms with van der Waals surface area (Å²) >= 11 is 5.61. The van der Waals surface area contributed by atoms with Crippen molar-refractivity contribution in [3.8, 4) is 0 Å². The van der Waals surface area contributed by atoms with Crippen LogP contribution in [0.2, 0.25) is 0 Å². The van der Waals surface area contributed by atoms with Crippen LogP contribution in [0.3, 0.4) is 0 Å². The molecular formula is C6H11ClO. The molecule has 48 valence electrons. The highest BCUT2D eigenvalue weighted by atomic mass is 35.5. The Morgan fingerprint density at radius 3 is 1.75 bits per heavy atom. The van der Waals surface area contributed by atoms with E-state index in [0.717, 1.165) is 0 Å². The lowest BCUT2D eigenvalue weighted by Gasteiger charge is -2.12. The monoisotopic (exact) mass is 134 g/mol. The van der Waals surface area contributed by atoms with E-state index >= 15 is 0 Å². The molecule has 0 spiro atoms. The van der Waals surface area contributed by atoms with Crippen LogP contribution >= 0.6 is 11.6 Å². The molecule has 0 unspecified atom stereocenters. The fraction of sp³-hybridized carbons (Fsp3) is 1.00. The second-order valence-electron chi connectivity index (χ2n) is 3.27. The molecule has 8 heavy (non-hydrogen) atoms. The minimum atomic E-state index is -0.0185. The molecule has 1 aliphatic rings. The Balaban J connectivity index is 2.39. The van der Waals surface area contributed by atoms with Crippen molar-refractivity contribution in [2.75, 3.05) is 0 Å². The summed E-state index contributed by atoms with van der Waals surface area (Å²) < 4.78 is 5.05. The van der Waals surface area contributed by atoms with Gasteiger partial charge in [0.15, 0.2) is 5.56 Å². The molecule has 1 nitrogen and oxygen atoms in total. The maximum atomic E-state index is 5.61. The molecule has 2 atom stereocenters. The Labute approximate surface area is 55.0 Å². The highest BCUT2D eigenvalue weighted by Gasteiger charge is 2.45. The normalized spacial score (nSPS) is 37.5. The highest BCUT2D eigenvalue weighted by molar-refractivity contribution is 6.21. The van der Waals surface area contributed by atoms with E-state index in [4.69, 9.17) is 16.3 Å². The largest absolute Gasteiger partial charge is 0.352 e. The molecule has 0 radical (unpaired) electrons. The van der Waals surface area contributed by atoms with Crippen molar-refractivity contribution in [3.63, 3.8) is 0 Å². The molecule has 0 saturated carbocycles. The molecule has 0 amide bonds. The lowest BCUT2D eigenvalue weighted by molar-refractivity contribution is 0.264. The zero-order valence-corrected chi connectivity index (χ0v) is 6.20. The van der Waals surface area contributed by atoms with Gasteiger partial charge in [-0.2, -0.15) is 0 Å². The fourth-order valence-corrected chi connectivity index (χ4v) is 1.18. The third kappa shape index (κ3) is 1.15. The molecule has 0 aliphatic carbocycles. The van der Waals surface area contributed by atoms with Crippen molar-refractivity contribution in [2.45, 2.75) is 32.4 Å². The molecule has 2 heteroatoms. The van der Waals surface area contributed by atoms with Crippen molar-refractivity contribution in [3.05, 3.63) is 0 Å². The van der Waals surface area contributed by atoms with Crippen LogP contribution in [0.1, 0.15) is 20.8 Å². The lowest BCUT2D eigenvalue weighted by Crippen LogP contribution is -2.14. The summed E-state index contributed by atoms with van der Waals surface area (Å²) in [6.45, 7) is 6.38. The maximum Gasteiger partial charge on any atom is 0.158 e. The van der Waals surface area contributed by atoms with Gasteiger partial charge in [0.2, 0.25) is 0 Å². The van der Waals surface area contributed by atoms with E-state index in [1.165, 1.54) is 0 Å². The third-order valence-electron chi connectivity index (χ3n) is 1.29. The first kappa shape index (κ1) is 6.37. The fourth-order valence-electron chi connectivity index (χ4n) is 0.692. The van der Waals surface area contributed by atoms with Crippen LogP contribution < -0.4 is 0 Å². The maximum absolute atomic E-state index is 5.61. The molecule has 1 aliphatic heterocycles. The first-order valence-electron chi connectivity index (χ1n) is 2.81. The predicted octanol–water partition coefficient (Wildman–Crippen LogP) is 2.00. The Morgan fingerprint density at radius 2 is 1.75 bits per heavy atom. The van der Waals surface area contributed by atoms with Gasteiger partial charge in [-0.1, -0.05) is 32.4 Å². The number of alkyl halides is 1. The molecule has 0 bridgehead atoms. The number of hydrogen-bond acceptors (Lipinski definition) is 1. The number of epoxide rings is 1. The summed E-state index contributed by atoms with van der Waals surface area (Å²) in [5, 5.41) is 0. The van der Waals surface area contributed by atoms with Crippen LogP contribution in [0.15, 0.2) is 0 Å². The molecule has 1 heterocycles. The number of halogens is 1. The topological polar surface area (TPSA) is 12.5 Å². The van der Waals surface area contributed by atoms with Gasteiger partial charge in [-0.25, -0.2) is 0 Å². The van der Waals surface area contributed by atoms with E-state index in [1.807, 2.05) is 0 Å². The molecule has 0 aromatic heterocycles. The van der Waals surface area contributed by atoms with Crippen LogP contribution in [0.25, 0.3) is 0 Å². The van der Waals surface area contributed by atoms with Crippen molar-refractivity contribution < 1.29 is 4.74 Å². The van der Waals surface area contributed by atoms with Gasteiger partial charge < -0.3 is 4.74 Å². The predicted molar refractivity (Wildman–Crippen MR) is 34.0 cm³/mol. The summed E-state index contributed by atoms with van der Waals surface area (Å²) in [4.78, 5) is 0. The average Bonchev–Trinajstić information content (AvgIpc) is 2.13. The quantitative estimate of drug-likeness (QED) is 0.365. The first-order valence-corrected chi connectivity index (χ1v) is 3.25. The zero-order chi connectivity index (χ0) is 6.36. The van der Waals surface area contributed by atoms with Gasteiger partial charge in [0.1, 0.15) is 6.10 Å². The van der Waals surface area contributed by atoms with Crippen molar-refractivity contribution in [1.82, 2.24) is 0 Å². The first-order chi connectivity index (χ1) is 3.52. The summed E-state index contributed by atoms with van der Waals surface area (Å²) in [5.41, 5.74) is 0.210. The minimum absolute atomic E-state index is 0.0185. The van der Waals surface area contributed by atoms with Crippen LogP contribution in [0.5, 0.6) is 0 Å². The summed E-state index contributed by atoms with van der Waals surface area (Å²) in [7, 11) is 0. The van der Waals surface area contributed by atoms with E-state index in [9.17, 15) is 0 Å². The van der Waals surface area contributed by atoms with Gasteiger partial charge in [-0.15, -0.1) is 0 Å². The molecule has 1 fully saturated rings. The molecule has 0 N–H and O–H groups in total. The van der Waals surface area contributed by atoms with Crippen LogP contribution in [0, 0.1) is 5.41 Å². The van der Waals surface area contributed by atoms with Crippen molar-refractivity contribution in [2.24, 2.45) is 5.41 Å². The van der Waals surface area contributed by atoms with E-state index in [0.29, 0.717) is 0 Å². The van der Waals surface area contributed by atoms with E-state index in [2.05, 4.69) is 20.8 Å². The van der Waals surface area contributed by atoms with Gasteiger partial charge in [0.05, 0.1) is 0 Å². The van der Waals surface area contributed by atoms with Gasteiger partial charge in [0, 0.05) is 0 Å². The SMILES string of the molecule is CC(C)(C)[C@@H]1O[C@@H]1Cl. The summed E-state index contributed by atoms with van der Waals surface area (Å²) in [6.07, 6.45) is 0.282. The minimum Gasteiger partial charge on any atom is -0.352 e. The van der Waals surface area contributed by atoms with Gasteiger partial charge in [-0.05, 0) is 5.41 Å². The van der Waals surface area contributed by atoms with Crippen LogP contribution in [0.4, 0.5) is 0 Å². The molecule has 1 saturated heterocycles.